The van der Waals surface area contributed by atoms with E-state index in [0.29, 0.717) is 16.7 Å². The van der Waals surface area contributed by atoms with Crippen molar-refractivity contribution < 1.29 is 5.11 Å². The summed E-state index contributed by atoms with van der Waals surface area (Å²) in [6.07, 6.45) is 0. The molecular formula is C17H20ClN3OS. The third kappa shape index (κ3) is 5.39. The van der Waals surface area contributed by atoms with Crippen molar-refractivity contribution in [2.75, 3.05) is 35.2 Å². The number of benzene rings is 2. The Morgan fingerprint density at radius 3 is 2.04 bits per heavy atom. The third-order valence-corrected chi connectivity index (χ3v) is 3.80. The van der Waals surface area contributed by atoms with Crippen molar-refractivity contribution in [2.45, 2.75) is 6.92 Å². The van der Waals surface area contributed by atoms with Crippen LogP contribution >= 0.6 is 23.8 Å². The van der Waals surface area contributed by atoms with Gasteiger partial charge in [-0.25, -0.2) is 0 Å². The van der Waals surface area contributed by atoms with Crippen LogP contribution in [-0.2, 0) is 0 Å². The molecule has 2 aromatic rings. The van der Waals surface area contributed by atoms with Crippen LogP contribution in [0.1, 0.15) is 6.92 Å². The third-order valence-electron chi connectivity index (χ3n) is 3.34. The van der Waals surface area contributed by atoms with Gasteiger partial charge in [-0.3, -0.25) is 0 Å². The Hall–Kier alpha value is -1.82. The number of aliphatic hydroxyl groups is 1. The highest BCUT2D eigenvalue weighted by Gasteiger charge is 2.04. The topological polar surface area (TPSA) is 47.5 Å². The molecule has 2 rings (SSSR count). The van der Waals surface area contributed by atoms with E-state index < -0.39 is 0 Å². The number of hydrogen-bond acceptors (Lipinski definition) is 3. The fourth-order valence-corrected chi connectivity index (χ4v) is 2.53. The molecule has 122 valence electrons. The molecule has 0 spiro atoms. The fourth-order valence-electron chi connectivity index (χ4n) is 2.17. The molecule has 6 heteroatoms. The lowest BCUT2D eigenvalue weighted by Crippen LogP contribution is -2.26. The quantitative estimate of drug-likeness (QED) is 0.689. The molecule has 0 fully saturated rings. The van der Waals surface area contributed by atoms with Crippen molar-refractivity contribution in [3.63, 3.8) is 0 Å². The van der Waals surface area contributed by atoms with Crippen molar-refractivity contribution in [2.24, 2.45) is 0 Å². The van der Waals surface area contributed by atoms with Crippen LogP contribution in [0.4, 0.5) is 17.1 Å². The number of likely N-dealkylation sites (N-methyl/N-ethyl adjacent to an activating group) is 1. The maximum absolute atomic E-state index is 9.07. The Morgan fingerprint density at radius 2 is 1.57 bits per heavy atom. The largest absolute Gasteiger partial charge is 0.395 e. The Morgan fingerprint density at radius 1 is 1.04 bits per heavy atom. The molecule has 0 amide bonds. The molecule has 0 heterocycles. The minimum absolute atomic E-state index is 0.142. The highest BCUT2D eigenvalue weighted by Crippen LogP contribution is 2.18. The van der Waals surface area contributed by atoms with Crippen molar-refractivity contribution in [3.8, 4) is 0 Å². The van der Waals surface area contributed by atoms with E-state index in [0.717, 1.165) is 23.6 Å². The number of anilines is 3. The summed E-state index contributed by atoms with van der Waals surface area (Å²) in [6, 6.07) is 15.3. The molecular weight excluding hydrogens is 330 g/mol. The van der Waals surface area contributed by atoms with Gasteiger partial charge in [0.15, 0.2) is 5.11 Å². The molecule has 0 unspecified atom stereocenters. The SMILES string of the molecule is CCN(CCO)c1ccc(NC(=S)Nc2ccc(Cl)cc2)cc1. The second-order valence-corrected chi connectivity index (χ2v) is 5.78. The normalized spacial score (nSPS) is 10.2. The number of hydrogen-bond donors (Lipinski definition) is 3. The molecule has 0 bridgehead atoms. The second-order valence-electron chi connectivity index (χ2n) is 4.94. The van der Waals surface area contributed by atoms with Gasteiger partial charge >= 0.3 is 0 Å². The molecule has 2 aromatic carbocycles. The van der Waals surface area contributed by atoms with E-state index in [1.54, 1.807) is 0 Å². The predicted molar refractivity (Wildman–Crippen MR) is 103 cm³/mol. The van der Waals surface area contributed by atoms with E-state index in [9.17, 15) is 0 Å². The first-order valence-corrected chi connectivity index (χ1v) is 8.20. The van der Waals surface area contributed by atoms with Gasteiger partial charge in [0.25, 0.3) is 0 Å². The Balaban J connectivity index is 1.94. The highest BCUT2D eigenvalue weighted by molar-refractivity contribution is 7.80. The molecule has 0 aliphatic carbocycles. The van der Waals surface area contributed by atoms with Gasteiger partial charge in [0.1, 0.15) is 0 Å². The number of thiocarbonyl (C=S) groups is 1. The van der Waals surface area contributed by atoms with Crippen LogP contribution in [0.2, 0.25) is 5.02 Å². The van der Waals surface area contributed by atoms with Gasteiger partial charge in [0.05, 0.1) is 6.61 Å². The molecule has 23 heavy (non-hydrogen) atoms. The molecule has 0 saturated heterocycles. The van der Waals surface area contributed by atoms with Gasteiger partial charge < -0.3 is 20.6 Å². The number of rotatable bonds is 6. The first-order valence-electron chi connectivity index (χ1n) is 7.42. The monoisotopic (exact) mass is 349 g/mol. The first kappa shape index (κ1) is 17.5. The van der Waals surface area contributed by atoms with Gasteiger partial charge in [0, 0.05) is 35.2 Å². The van der Waals surface area contributed by atoms with E-state index in [2.05, 4.69) is 22.5 Å². The Bertz CT molecular complexity index is 631. The van der Waals surface area contributed by atoms with Crippen molar-refractivity contribution >= 4 is 46.0 Å². The Labute approximate surface area is 147 Å². The van der Waals surface area contributed by atoms with Gasteiger partial charge in [-0.2, -0.15) is 0 Å². The molecule has 0 radical (unpaired) electrons. The summed E-state index contributed by atoms with van der Waals surface area (Å²) in [5.74, 6) is 0. The summed E-state index contributed by atoms with van der Waals surface area (Å²) < 4.78 is 0. The minimum Gasteiger partial charge on any atom is -0.395 e. The zero-order valence-corrected chi connectivity index (χ0v) is 14.5. The molecule has 3 N–H and O–H groups in total. The lowest BCUT2D eigenvalue weighted by atomic mass is 10.2. The van der Waals surface area contributed by atoms with Crippen LogP contribution in [0.25, 0.3) is 0 Å². The van der Waals surface area contributed by atoms with Crippen LogP contribution in [0.5, 0.6) is 0 Å². The maximum Gasteiger partial charge on any atom is 0.175 e. The fraction of sp³-hybridized carbons (Fsp3) is 0.235. The molecule has 0 aliphatic heterocycles. The van der Waals surface area contributed by atoms with Crippen LogP contribution < -0.4 is 15.5 Å². The molecule has 0 atom stereocenters. The minimum atomic E-state index is 0.142. The lowest BCUT2D eigenvalue weighted by molar-refractivity contribution is 0.302. The van der Waals surface area contributed by atoms with Gasteiger partial charge in [-0.15, -0.1) is 0 Å². The van der Waals surface area contributed by atoms with E-state index in [-0.39, 0.29) is 6.61 Å². The van der Waals surface area contributed by atoms with E-state index in [1.165, 1.54) is 0 Å². The standard InChI is InChI=1S/C17H20ClN3OS/c1-2-21(11-12-22)16-9-7-15(8-10-16)20-17(23)19-14-5-3-13(18)4-6-14/h3-10,22H,2,11-12H2,1H3,(H2,19,20,23). The number of nitrogens with one attached hydrogen (secondary N) is 2. The molecule has 0 aromatic heterocycles. The average Bonchev–Trinajstić information content (AvgIpc) is 2.55. The van der Waals surface area contributed by atoms with Gasteiger partial charge in [-0.1, -0.05) is 11.6 Å². The first-order chi connectivity index (χ1) is 11.1. The predicted octanol–water partition coefficient (Wildman–Crippen LogP) is 3.97. The summed E-state index contributed by atoms with van der Waals surface area (Å²) in [4.78, 5) is 2.11. The van der Waals surface area contributed by atoms with Crippen molar-refractivity contribution in [1.82, 2.24) is 0 Å². The van der Waals surface area contributed by atoms with Crippen LogP contribution in [0.3, 0.4) is 0 Å². The summed E-state index contributed by atoms with van der Waals surface area (Å²) in [6.45, 7) is 3.68. The summed E-state index contributed by atoms with van der Waals surface area (Å²) in [5.41, 5.74) is 2.85. The summed E-state index contributed by atoms with van der Waals surface area (Å²) >= 11 is 11.2. The summed E-state index contributed by atoms with van der Waals surface area (Å²) in [7, 11) is 0. The summed E-state index contributed by atoms with van der Waals surface area (Å²) in [5, 5.41) is 16.5. The van der Waals surface area contributed by atoms with Crippen LogP contribution in [0, 0.1) is 0 Å². The Kier molecular flexibility index (Phi) is 6.65. The molecule has 0 aliphatic rings. The highest BCUT2D eigenvalue weighted by atomic mass is 35.5. The zero-order chi connectivity index (χ0) is 16.7. The average molecular weight is 350 g/mol. The number of aliphatic hydroxyl groups excluding tert-OH is 1. The van der Waals surface area contributed by atoms with Crippen molar-refractivity contribution in [3.05, 3.63) is 53.6 Å². The zero-order valence-electron chi connectivity index (χ0n) is 12.9. The maximum atomic E-state index is 9.07. The van der Waals surface area contributed by atoms with E-state index in [4.69, 9.17) is 28.9 Å². The molecule has 0 saturated carbocycles. The smallest absolute Gasteiger partial charge is 0.175 e. The van der Waals surface area contributed by atoms with E-state index in [1.807, 2.05) is 48.5 Å². The lowest BCUT2D eigenvalue weighted by Gasteiger charge is -2.22. The second kappa shape index (κ2) is 8.72. The van der Waals surface area contributed by atoms with Gasteiger partial charge in [0.2, 0.25) is 0 Å². The molecule has 4 nitrogen and oxygen atoms in total. The van der Waals surface area contributed by atoms with Crippen LogP contribution in [0.15, 0.2) is 48.5 Å². The van der Waals surface area contributed by atoms with E-state index >= 15 is 0 Å². The van der Waals surface area contributed by atoms with Gasteiger partial charge in [-0.05, 0) is 67.7 Å². The number of nitrogens with zero attached hydrogens (tertiary/aromatic N) is 1. The number of halogens is 1. The van der Waals surface area contributed by atoms with Crippen LogP contribution in [-0.4, -0.2) is 29.9 Å². The van der Waals surface area contributed by atoms with Crippen molar-refractivity contribution in [1.29, 1.82) is 0 Å².